The minimum Gasteiger partial charge on any atom is -0.334 e. The molecule has 1 amide bonds. The highest BCUT2D eigenvalue weighted by Crippen LogP contribution is 2.27. The van der Waals surface area contributed by atoms with Crippen molar-refractivity contribution in [1.82, 2.24) is 4.90 Å². The number of amides is 1. The highest BCUT2D eigenvalue weighted by Gasteiger charge is 2.31. The van der Waals surface area contributed by atoms with Gasteiger partial charge in [0.2, 0.25) is 0 Å². The van der Waals surface area contributed by atoms with Crippen LogP contribution in [0.15, 0.2) is 22.7 Å². The van der Waals surface area contributed by atoms with Crippen molar-refractivity contribution in [2.75, 3.05) is 13.1 Å². The summed E-state index contributed by atoms with van der Waals surface area (Å²) in [5.74, 6) is 0.573. The normalized spacial score (nSPS) is 23.5. The molecule has 0 unspecified atom stereocenters. The van der Waals surface area contributed by atoms with Crippen molar-refractivity contribution in [3.05, 3.63) is 33.8 Å². The van der Waals surface area contributed by atoms with Gasteiger partial charge >= 0.3 is 0 Å². The van der Waals surface area contributed by atoms with Crippen LogP contribution < -0.4 is 5.73 Å². The predicted molar refractivity (Wildman–Crippen MR) is 81.2 cm³/mol. The Kier molecular flexibility index (Phi) is 4.63. The van der Waals surface area contributed by atoms with Crippen LogP contribution in [-0.2, 0) is 0 Å². The van der Waals surface area contributed by atoms with Crippen molar-refractivity contribution in [3.8, 4) is 0 Å². The number of halogens is 1. The number of likely N-dealkylation sites (tertiary alicyclic amines) is 1. The molecular weight excluding hydrogens is 304 g/mol. The van der Waals surface area contributed by atoms with Crippen molar-refractivity contribution in [2.45, 2.75) is 32.7 Å². The van der Waals surface area contributed by atoms with Crippen LogP contribution in [-0.4, -0.2) is 29.9 Å². The van der Waals surface area contributed by atoms with Crippen LogP contribution in [0.5, 0.6) is 0 Å². The molecular formula is C15H21BrN2O. The van der Waals surface area contributed by atoms with Crippen molar-refractivity contribution in [2.24, 2.45) is 11.7 Å². The molecule has 2 rings (SSSR count). The molecule has 1 aromatic carbocycles. The monoisotopic (exact) mass is 324 g/mol. The van der Waals surface area contributed by atoms with E-state index in [1.165, 1.54) is 0 Å². The molecule has 0 radical (unpaired) electrons. The average Bonchev–Trinajstić information content (AvgIpc) is 2.40. The van der Waals surface area contributed by atoms with Crippen LogP contribution in [0.4, 0.5) is 0 Å². The first-order chi connectivity index (χ1) is 9.04. The second kappa shape index (κ2) is 6.06. The summed E-state index contributed by atoms with van der Waals surface area (Å²) in [4.78, 5) is 14.7. The molecule has 0 bridgehead atoms. The number of carbonyl (C=O) groups is 1. The molecule has 0 aliphatic carbocycles. The van der Waals surface area contributed by atoms with E-state index in [1.54, 1.807) is 0 Å². The Balaban J connectivity index is 2.29. The lowest BCUT2D eigenvalue weighted by molar-refractivity contribution is 0.0531. The van der Waals surface area contributed by atoms with Gasteiger partial charge in [-0.25, -0.2) is 0 Å². The number of piperidine rings is 1. The maximum Gasteiger partial charge on any atom is 0.255 e. The first kappa shape index (κ1) is 14.5. The quantitative estimate of drug-likeness (QED) is 0.909. The fourth-order valence-electron chi connectivity index (χ4n) is 2.82. The molecule has 2 N–H and O–H groups in total. The molecule has 4 heteroatoms. The third-order valence-electron chi connectivity index (χ3n) is 3.97. The molecule has 0 spiro atoms. The number of carbonyl (C=O) groups excluding carboxylic acids is 1. The Hall–Kier alpha value is -0.870. The topological polar surface area (TPSA) is 46.3 Å². The fraction of sp³-hybridized carbons (Fsp3) is 0.533. The molecule has 1 aliphatic heterocycles. The van der Waals surface area contributed by atoms with Crippen LogP contribution >= 0.6 is 15.9 Å². The lowest BCUT2D eigenvalue weighted by Crippen LogP contribution is -2.51. The molecule has 3 nitrogen and oxygen atoms in total. The molecule has 1 aliphatic rings. The van der Waals surface area contributed by atoms with Gasteiger partial charge in [-0.2, -0.15) is 0 Å². The smallest absolute Gasteiger partial charge is 0.255 e. The van der Waals surface area contributed by atoms with E-state index in [1.807, 2.05) is 30.0 Å². The van der Waals surface area contributed by atoms with E-state index >= 15 is 0 Å². The summed E-state index contributed by atoms with van der Waals surface area (Å²) >= 11 is 3.48. The molecule has 2 atom stereocenters. The van der Waals surface area contributed by atoms with Crippen LogP contribution in [0.3, 0.4) is 0 Å². The molecule has 19 heavy (non-hydrogen) atoms. The maximum absolute atomic E-state index is 12.7. The van der Waals surface area contributed by atoms with Gasteiger partial charge in [-0.05, 0) is 53.7 Å². The van der Waals surface area contributed by atoms with E-state index in [0.29, 0.717) is 12.5 Å². The van der Waals surface area contributed by atoms with Gasteiger partial charge in [-0.15, -0.1) is 0 Å². The van der Waals surface area contributed by atoms with Gasteiger partial charge in [0.1, 0.15) is 0 Å². The molecule has 1 heterocycles. The second-order valence-electron chi connectivity index (χ2n) is 5.40. The summed E-state index contributed by atoms with van der Waals surface area (Å²) in [5.41, 5.74) is 7.70. The summed E-state index contributed by atoms with van der Waals surface area (Å²) in [7, 11) is 0. The molecule has 1 fully saturated rings. The Morgan fingerprint density at radius 1 is 1.53 bits per heavy atom. The average molecular weight is 325 g/mol. The molecule has 0 aromatic heterocycles. The summed E-state index contributed by atoms with van der Waals surface area (Å²) in [6, 6.07) is 6.04. The number of hydrogen-bond acceptors (Lipinski definition) is 2. The Bertz CT molecular complexity index is 475. The standard InChI is InChI=1S/C15H21BrN2O/c1-10-5-6-13(16)12(8-10)15(19)18-7-3-4-11(2)14(18)9-17/h5-6,8,11,14H,3-4,7,9,17H2,1-2H3/t11-,14-/m0/s1. The highest BCUT2D eigenvalue weighted by atomic mass is 79.9. The lowest BCUT2D eigenvalue weighted by Gasteiger charge is -2.39. The highest BCUT2D eigenvalue weighted by molar-refractivity contribution is 9.10. The van der Waals surface area contributed by atoms with Crippen LogP contribution in [0.25, 0.3) is 0 Å². The lowest BCUT2D eigenvalue weighted by atomic mass is 9.90. The van der Waals surface area contributed by atoms with Gasteiger partial charge in [0.05, 0.1) is 5.56 Å². The Morgan fingerprint density at radius 2 is 2.26 bits per heavy atom. The third-order valence-corrected chi connectivity index (χ3v) is 4.66. The SMILES string of the molecule is Cc1ccc(Br)c(C(=O)N2CCC[C@H](C)[C@@H]2CN)c1. The van der Waals surface area contributed by atoms with Gasteiger partial charge < -0.3 is 10.6 Å². The van der Waals surface area contributed by atoms with Gasteiger partial charge in [0.25, 0.3) is 5.91 Å². The molecule has 1 saturated heterocycles. The summed E-state index contributed by atoms with van der Waals surface area (Å²) in [6.07, 6.45) is 2.22. The molecule has 1 aromatic rings. The fourth-order valence-corrected chi connectivity index (χ4v) is 3.23. The number of nitrogens with two attached hydrogens (primary N) is 1. The minimum atomic E-state index is 0.0950. The number of nitrogens with zero attached hydrogens (tertiary/aromatic N) is 1. The summed E-state index contributed by atoms with van der Waals surface area (Å²) < 4.78 is 0.858. The zero-order chi connectivity index (χ0) is 14.0. The number of benzene rings is 1. The number of hydrogen-bond donors (Lipinski definition) is 1. The van der Waals surface area contributed by atoms with Gasteiger partial charge in [-0.3, -0.25) is 4.79 Å². The van der Waals surface area contributed by atoms with Crippen molar-refractivity contribution < 1.29 is 4.79 Å². The van der Waals surface area contributed by atoms with Gasteiger partial charge in [0, 0.05) is 23.6 Å². The second-order valence-corrected chi connectivity index (χ2v) is 6.26. The van der Waals surface area contributed by atoms with Crippen molar-refractivity contribution >= 4 is 21.8 Å². The zero-order valence-corrected chi connectivity index (χ0v) is 13.1. The predicted octanol–water partition coefficient (Wildman–Crippen LogP) is 2.96. The van der Waals surface area contributed by atoms with Crippen LogP contribution in [0.1, 0.15) is 35.7 Å². The molecule has 0 saturated carbocycles. The van der Waals surface area contributed by atoms with Gasteiger partial charge in [0.15, 0.2) is 0 Å². The van der Waals surface area contributed by atoms with E-state index in [0.717, 1.165) is 35.0 Å². The largest absolute Gasteiger partial charge is 0.334 e. The van der Waals surface area contributed by atoms with Crippen molar-refractivity contribution in [3.63, 3.8) is 0 Å². The number of aryl methyl sites for hydroxylation is 1. The Morgan fingerprint density at radius 3 is 2.95 bits per heavy atom. The molecule has 104 valence electrons. The zero-order valence-electron chi connectivity index (χ0n) is 11.5. The first-order valence-corrected chi connectivity index (χ1v) is 7.61. The Labute approximate surface area is 123 Å². The number of rotatable bonds is 2. The maximum atomic E-state index is 12.7. The van der Waals surface area contributed by atoms with Crippen LogP contribution in [0.2, 0.25) is 0 Å². The first-order valence-electron chi connectivity index (χ1n) is 6.81. The summed E-state index contributed by atoms with van der Waals surface area (Å²) in [5, 5.41) is 0. The van der Waals surface area contributed by atoms with Crippen molar-refractivity contribution in [1.29, 1.82) is 0 Å². The minimum absolute atomic E-state index is 0.0950. The third kappa shape index (κ3) is 3.00. The van der Waals surface area contributed by atoms with E-state index < -0.39 is 0 Å². The van der Waals surface area contributed by atoms with Crippen LogP contribution in [0, 0.1) is 12.8 Å². The van der Waals surface area contributed by atoms with E-state index in [2.05, 4.69) is 22.9 Å². The summed E-state index contributed by atoms with van der Waals surface area (Å²) in [6.45, 7) is 5.53. The van der Waals surface area contributed by atoms with E-state index in [4.69, 9.17) is 5.73 Å². The van der Waals surface area contributed by atoms with E-state index in [-0.39, 0.29) is 11.9 Å². The van der Waals surface area contributed by atoms with E-state index in [9.17, 15) is 4.79 Å². The van der Waals surface area contributed by atoms with Gasteiger partial charge in [-0.1, -0.05) is 18.6 Å².